The lowest BCUT2D eigenvalue weighted by molar-refractivity contribution is -0.139. The fraction of sp³-hybridized carbons (Fsp3) is 0.233. The highest BCUT2D eigenvalue weighted by atomic mass is 32.2. The number of carbonyl (C=O) groups excluding carboxylic acids is 2. The van der Waals surface area contributed by atoms with Crippen LogP contribution in [0.15, 0.2) is 93.0 Å². The summed E-state index contributed by atoms with van der Waals surface area (Å²) in [5.41, 5.74) is 2.98. The molecule has 0 unspecified atom stereocenters. The molecule has 40 heavy (non-hydrogen) atoms. The van der Waals surface area contributed by atoms with E-state index in [1.807, 2.05) is 52.8 Å². The lowest BCUT2D eigenvalue weighted by Gasteiger charge is -2.37. The molecule has 0 aliphatic carbocycles. The monoisotopic (exact) mass is 559 g/mol. The van der Waals surface area contributed by atoms with Crippen molar-refractivity contribution >= 4 is 34.5 Å². The van der Waals surface area contributed by atoms with E-state index in [1.165, 1.54) is 11.8 Å². The van der Waals surface area contributed by atoms with E-state index in [2.05, 4.69) is 5.32 Å². The Kier molecular flexibility index (Phi) is 8.26. The number of benzene rings is 2. The Labute approximate surface area is 236 Å². The quantitative estimate of drug-likeness (QED) is 0.335. The zero-order valence-corrected chi connectivity index (χ0v) is 23.2. The highest BCUT2D eigenvalue weighted by molar-refractivity contribution is 8.16. The average Bonchev–Trinajstić information content (AvgIpc) is 3.65. The van der Waals surface area contributed by atoms with Gasteiger partial charge in [-0.2, -0.15) is 0 Å². The summed E-state index contributed by atoms with van der Waals surface area (Å²) in [5.74, 6) is 0.947. The van der Waals surface area contributed by atoms with Gasteiger partial charge in [0.05, 0.1) is 57.4 Å². The number of hydrogen-bond acceptors (Lipinski definition) is 9. The first-order chi connectivity index (χ1) is 19.5. The third kappa shape index (κ3) is 5.35. The van der Waals surface area contributed by atoms with E-state index >= 15 is 0 Å². The molecule has 3 heterocycles. The van der Waals surface area contributed by atoms with Gasteiger partial charge in [0.25, 0.3) is 0 Å². The summed E-state index contributed by atoms with van der Waals surface area (Å²) in [6.45, 7) is 2.22. The molecule has 10 heteroatoms. The van der Waals surface area contributed by atoms with E-state index in [0.717, 1.165) is 5.56 Å². The first kappa shape index (κ1) is 27.1. The van der Waals surface area contributed by atoms with E-state index in [0.29, 0.717) is 45.0 Å². The summed E-state index contributed by atoms with van der Waals surface area (Å²) in [5, 5.41) is 5.42. The normalized spacial score (nSPS) is 16.2. The van der Waals surface area contributed by atoms with E-state index in [4.69, 9.17) is 23.6 Å². The van der Waals surface area contributed by atoms with Gasteiger partial charge in [0.1, 0.15) is 5.76 Å². The van der Waals surface area contributed by atoms with Gasteiger partial charge in [-0.25, -0.2) is 9.79 Å². The fourth-order valence-electron chi connectivity index (χ4n) is 4.74. The Hall–Kier alpha value is -4.44. The number of hydrogen-bond donors (Lipinski definition) is 1. The molecule has 2 aromatic carbocycles. The first-order valence-electron chi connectivity index (χ1n) is 12.8. The van der Waals surface area contributed by atoms with Crippen molar-refractivity contribution in [2.45, 2.75) is 25.9 Å². The van der Waals surface area contributed by atoms with Gasteiger partial charge in [0.2, 0.25) is 5.91 Å². The number of rotatable bonds is 10. The number of fused-ring (bicyclic) bond motifs is 1. The topological polar surface area (TPSA) is 103 Å². The highest BCUT2D eigenvalue weighted by Gasteiger charge is 2.43. The number of nitrogens with one attached hydrogen (secondary N) is 1. The molecular weight excluding hydrogens is 530 g/mol. The van der Waals surface area contributed by atoms with Crippen molar-refractivity contribution in [3.8, 4) is 11.5 Å². The van der Waals surface area contributed by atoms with Crippen LogP contribution in [0.25, 0.3) is 5.70 Å². The number of amides is 1. The third-order valence-electron chi connectivity index (χ3n) is 6.46. The predicted molar refractivity (Wildman–Crippen MR) is 152 cm³/mol. The molecule has 0 spiro atoms. The molecule has 0 saturated heterocycles. The third-order valence-corrected chi connectivity index (χ3v) is 7.35. The standard InChI is InChI=1S/C30H29N3O6S/c1-4-38-29(35)25-26(19-10-6-5-7-11-19)32-30-33(27(25)22-13-8-14-23(36-2)28(22)37-3)20(18-40-30)16-24(34)31-17-21-12-9-15-39-21/h5-15,18,27H,4,16-17H2,1-3H3,(H,31,34)/t27-/m1/s1. The van der Waals surface area contributed by atoms with Crippen molar-refractivity contribution < 1.29 is 28.2 Å². The zero-order valence-electron chi connectivity index (χ0n) is 22.4. The first-order valence-corrected chi connectivity index (χ1v) is 13.6. The van der Waals surface area contributed by atoms with Gasteiger partial charge in [-0.3, -0.25) is 4.79 Å². The second kappa shape index (κ2) is 12.2. The van der Waals surface area contributed by atoms with Gasteiger partial charge in [0.15, 0.2) is 16.7 Å². The van der Waals surface area contributed by atoms with Crippen LogP contribution >= 0.6 is 11.8 Å². The van der Waals surface area contributed by atoms with Gasteiger partial charge >= 0.3 is 5.97 Å². The molecule has 9 nitrogen and oxygen atoms in total. The number of nitrogens with zero attached hydrogens (tertiary/aromatic N) is 2. The van der Waals surface area contributed by atoms with E-state index < -0.39 is 12.0 Å². The smallest absolute Gasteiger partial charge is 0.338 e. The van der Waals surface area contributed by atoms with Gasteiger partial charge in [-0.05, 0) is 30.5 Å². The van der Waals surface area contributed by atoms with Crippen LogP contribution < -0.4 is 14.8 Å². The Morgan fingerprint density at radius 2 is 1.88 bits per heavy atom. The number of thioether (sulfide) groups is 1. The molecule has 2 aliphatic rings. The lowest BCUT2D eigenvalue weighted by Crippen LogP contribution is -2.38. The van der Waals surface area contributed by atoms with Gasteiger partial charge < -0.3 is 28.8 Å². The molecule has 0 radical (unpaired) electrons. The zero-order chi connectivity index (χ0) is 28.1. The minimum absolute atomic E-state index is 0.0618. The van der Waals surface area contributed by atoms with Crippen molar-refractivity contribution in [1.82, 2.24) is 10.2 Å². The molecule has 1 amide bonds. The van der Waals surface area contributed by atoms with Crippen molar-refractivity contribution in [3.05, 3.63) is 100 Å². The van der Waals surface area contributed by atoms with Crippen molar-refractivity contribution in [3.63, 3.8) is 0 Å². The molecular formula is C30H29N3O6S. The molecule has 1 aromatic heterocycles. The Morgan fingerprint density at radius 3 is 2.58 bits per heavy atom. The summed E-state index contributed by atoms with van der Waals surface area (Å²) >= 11 is 1.40. The lowest BCUT2D eigenvalue weighted by atomic mass is 9.90. The summed E-state index contributed by atoms with van der Waals surface area (Å²) < 4.78 is 22.3. The maximum absolute atomic E-state index is 13.7. The summed E-state index contributed by atoms with van der Waals surface area (Å²) in [4.78, 5) is 33.6. The summed E-state index contributed by atoms with van der Waals surface area (Å²) in [6.07, 6.45) is 1.63. The average molecular weight is 560 g/mol. The van der Waals surface area contributed by atoms with Gasteiger partial charge in [-0.1, -0.05) is 54.2 Å². The molecule has 5 rings (SSSR count). The van der Waals surface area contributed by atoms with Crippen LogP contribution in [0.2, 0.25) is 0 Å². The highest BCUT2D eigenvalue weighted by Crippen LogP contribution is 2.50. The van der Waals surface area contributed by atoms with Crippen LogP contribution in [0.4, 0.5) is 0 Å². The molecule has 206 valence electrons. The number of para-hydroxylation sites is 1. The minimum Gasteiger partial charge on any atom is -0.493 e. The van der Waals surface area contributed by atoms with Crippen molar-refractivity contribution in [2.75, 3.05) is 20.8 Å². The van der Waals surface area contributed by atoms with Gasteiger partial charge in [-0.15, -0.1) is 0 Å². The summed E-state index contributed by atoms with van der Waals surface area (Å²) in [6, 6.07) is 17.9. The fourth-order valence-corrected chi connectivity index (χ4v) is 5.65. The van der Waals surface area contributed by atoms with Crippen LogP contribution in [0, 0.1) is 0 Å². The summed E-state index contributed by atoms with van der Waals surface area (Å²) in [7, 11) is 3.12. The number of ether oxygens (including phenoxy) is 3. The Morgan fingerprint density at radius 1 is 1.05 bits per heavy atom. The van der Waals surface area contributed by atoms with Crippen LogP contribution in [0.1, 0.15) is 36.3 Å². The molecule has 0 fully saturated rings. The number of carbonyl (C=O) groups is 2. The van der Waals surface area contributed by atoms with E-state index in [1.54, 1.807) is 45.6 Å². The second-order valence-electron chi connectivity index (χ2n) is 8.86. The van der Waals surface area contributed by atoms with Crippen molar-refractivity contribution in [1.29, 1.82) is 0 Å². The second-order valence-corrected chi connectivity index (χ2v) is 9.69. The van der Waals surface area contributed by atoms with E-state index in [9.17, 15) is 9.59 Å². The maximum atomic E-state index is 13.7. The maximum Gasteiger partial charge on any atom is 0.338 e. The molecule has 0 saturated carbocycles. The molecule has 1 N–H and O–H groups in total. The Bertz CT molecular complexity index is 1480. The predicted octanol–water partition coefficient (Wildman–Crippen LogP) is 5.28. The van der Waals surface area contributed by atoms with Crippen LogP contribution in [-0.4, -0.2) is 42.8 Å². The van der Waals surface area contributed by atoms with Gasteiger partial charge in [0, 0.05) is 16.8 Å². The molecule has 0 bridgehead atoms. The number of furan rings is 1. The number of esters is 1. The van der Waals surface area contributed by atoms with Crippen molar-refractivity contribution in [2.24, 2.45) is 4.99 Å². The van der Waals surface area contributed by atoms with Crippen LogP contribution in [0.3, 0.4) is 0 Å². The SMILES string of the molecule is CCOC(=O)C1=C(c2ccccc2)N=C2SC=C(CC(=O)NCc3ccco3)N2[C@@H]1c1cccc(OC)c1OC. The molecule has 3 aromatic rings. The van der Waals surface area contributed by atoms with E-state index in [-0.39, 0.29) is 25.5 Å². The number of methoxy groups -OCH3 is 2. The molecule has 1 atom stereocenters. The number of aliphatic imine (C=N–C) groups is 1. The largest absolute Gasteiger partial charge is 0.493 e. The number of amidine groups is 1. The molecule has 2 aliphatic heterocycles. The van der Waals surface area contributed by atoms with Crippen LogP contribution in [-0.2, 0) is 20.9 Å². The minimum atomic E-state index is -0.703. The van der Waals surface area contributed by atoms with Crippen LogP contribution in [0.5, 0.6) is 11.5 Å². The Balaban J connectivity index is 1.62.